The van der Waals surface area contributed by atoms with Crippen LogP contribution in [0.3, 0.4) is 0 Å². The fourth-order valence-corrected chi connectivity index (χ4v) is 4.05. The van der Waals surface area contributed by atoms with E-state index in [0.717, 1.165) is 0 Å². The van der Waals surface area contributed by atoms with Crippen LogP contribution in [0.25, 0.3) is 0 Å². The number of benzene rings is 2. The molecule has 7 heteroatoms. The Labute approximate surface area is 170 Å². The van der Waals surface area contributed by atoms with Gasteiger partial charge < -0.3 is 9.84 Å². The number of aliphatic hydroxyl groups excluding tert-OH is 1. The Hall–Kier alpha value is -3.45. The number of thiophene rings is 1. The lowest BCUT2D eigenvalue weighted by atomic mass is 9.95. The van der Waals surface area contributed by atoms with Crippen molar-refractivity contribution in [3.8, 4) is 5.75 Å². The Morgan fingerprint density at radius 3 is 2.52 bits per heavy atom. The van der Waals surface area contributed by atoms with Gasteiger partial charge in [0.2, 0.25) is 5.78 Å². The Morgan fingerprint density at radius 2 is 1.90 bits per heavy atom. The van der Waals surface area contributed by atoms with Crippen LogP contribution < -0.4 is 9.64 Å². The van der Waals surface area contributed by atoms with Gasteiger partial charge in [0, 0.05) is 5.69 Å². The third-order valence-corrected chi connectivity index (χ3v) is 5.58. The van der Waals surface area contributed by atoms with Gasteiger partial charge in [-0.2, -0.15) is 0 Å². The van der Waals surface area contributed by atoms with E-state index in [2.05, 4.69) is 0 Å². The molecule has 1 amide bonds. The number of hydrogen-bond acceptors (Lipinski definition) is 5. The first kappa shape index (κ1) is 18.9. The van der Waals surface area contributed by atoms with Crippen molar-refractivity contribution in [3.63, 3.8) is 0 Å². The predicted molar refractivity (Wildman–Crippen MR) is 108 cm³/mol. The number of Topliss-reactive ketones (excluding diaryl/α,β-unsaturated/α-hetero) is 1. The van der Waals surface area contributed by atoms with Crippen molar-refractivity contribution in [2.24, 2.45) is 0 Å². The maximum atomic E-state index is 13.9. The summed E-state index contributed by atoms with van der Waals surface area (Å²) in [6.07, 6.45) is 0. The summed E-state index contributed by atoms with van der Waals surface area (Å²) in [5, 5.41) is 12.4. The van der Waals surface area contributed by atoms with Crippen molar-refractivity contribution in [1.29, 1.82) is 0 Å². The number of anilines is 1. The first-order valence-corrected chi connectivity index (χ1v) is 9.63. The third-order valence-electron chi connectivity index (χ3n) is 4.72. The van der Waals surface area contributed by atoms with E-state index in [1.54, 1.807) is 47.8 Å². The predicted octanol–water partition coefficient (Wildman–Crippen LogP) is 4.68. The van der Waals surface area contributed by atoms with Gasteiger partial charge in [-0.25, -0.2) is 4.39 Å². The maximum absolute atomic E-state index is 13.9. The molecule has 146 valence electrons. The maximum Gasteiger partial charge on any atom is 0.294 e. The molecule has 5 nitrogen and oxygen atoms in total. The Bertz CT molecular complexity index is 1110. The van der Waals surface area contributed by atoms with Crippen LogP contribution in [0.4, 0.5) is 10.1 Å². The van der Waals surface area contributed by atoms with Gasteiger partial charge in [0.15, 0.2) is 5.76 Å². The summed E-state index contributed by atoms with van der Waals surface area (Å²) in [6, 6.07) is 14.8. The number of amides is 1. The summed E-state index contributed by atoms with van der Waals surface area (Å²) in [7, 11) is 1.53. The van der Waals surface area contributed by atoms with Gasteiger partial charge in [-0.3, -0.25) is 14.5 Å². The molecule has 0 saturated heterocycles. The van der Waals surface area contributed by atoms with Crippen LogP contribution in [-0.2, 0) is 4.79 Å². The van der Waals surface area contributed by atoms with Gasteiger partial charge in [0.1, 0.15) is 11.6 Å². The molecule has 0 radical (unpaired) electrons. The van der Waals surface area contributed by atoms with Gasteiger partial charge in [-0.15, -0.1) is 11.3 Å². The standard InChI is InChI=1S/C22H16FNO4S/c1-28-16-9-7-13(8-10-16)19-18(20(25)17-6-3-11-29-17)21(26)22(27)24(19)15-5-2-4-14(23)12-15/h2-12,19,26H,1H3. The molecule has 1 atom stereocenters. The van der Waals surface area contributed by atoms with Gasteiger partial charge in [0.05, 0.1) is 23.6 Å². The number of halogens is 1. The van der Waals surface area contributed by atoms with E-state index in [0.29, 0.717) is 16.2 Å². The fraction of sp³-hybridized carbons (Fsp3) is 0.0909. The third kappa shape index (κ3) is 3.30. The first-order chi connectivity index (χ1) is 14.0. The summed E-state index contributed by atoms with van der Waals surface area (Å²) in [4.78, 5) is 27.7. The number of ether oxygens (including phenoxy) is 1. The molecule has 1 aliphatic heterocycles. The van der Waals surface area contributed by atoms with E-state index in [1.165, 1.54) is 41.5 Å². The Balaban J connectivity index is 1.87. The van der Waals surface area contributed by atoms with Crippen molar-refractivity contribution in [2.45, 2.75) is 6.04 Å². The van der Waals surface area contributed by atoms with E-state index in [4.69, 9.17) is 4.74 Å². The second kappa shape index (κ2) is 7.52. The van der Waals surface area contributed by atoms with E-state index >= 15 is 0 Å². The zero-order chi connectivity index (χ0) is 20.5. The van der Waals surface area contributed by atoms with Crippen LogP contribution in [0.15, 0.2) is 77.4 Å². The molecule has 29 heavy (non-hydrogen) atoms. The fourth-order valence-electron chi connectivity index (χ4n) is 3.37. The number of methoxy groups -OCH3 is 1. The molecule has 0 aliphatic carbocycles. The molecule has 2 aromatic carbocycles. The molecule has 0 bridgehead atoms. The number of ketones is 1. The molecule has 3 aromatic rings. The van der Waals surface area contributed by atoms with Crippen LogP contribution in [0.1, 0.15) is 21.3 Å². The molecule has 2 heterocycles. The monoisotopic (exact) mass is 409 g/mol. The number of aliphatic hydroxyl groups is 1. The lowest BCUT2D eigenvalue weighted by molar-refractivity contribution is -0.117. The van der Waals surface area contributed by atoms with Crippen LogP contribution in [0, 0.1) is 5.82 Å². The second-order valence-electron chi connectivity index (χ2n) is 6.40. The Kier molecular flexibility index (Phi) is 4.90. The molecule has 1 aliphatic rings. The zero-order valence-corrected chi connectivity index (χ0v) is 16.2. The minimum absolute atomic E-state index is 0.0353. The van der Waals surface area contributed by atoms with Gasteiger partial charge in [0.25, 0.3) is 5.91 Å². The molecule has 0 spiro atoms. The number of nitrogens with zero attached hydrogens (tertiary/aromatic N) is 1. The minimum Gasteiger partial charge on any atom is -0.503 e. The molecule has 1 N–H and O–H groups in total. The average Bonchev–Trinajstić information content (AvgIpc) is 3.35. The van der Waals surface area contributed by atoms with E-state index in [-0.39, 0.29) is 11.3 Å². The molecule has 1 aromatic heterocycles. The quantitative estimate of drug-likeness (QED) is 0.622. The molecule has 1 unspecified atom stereocenters. The smallest absolute Gasteiger partial charge is 0.294 e. The van der Waals surface area contributed by atoms with E-state index in [1.807, 2.05) is 0 Å². The minimum atomic E-state index is -0.898. The van der Waals surface area contributed by atoms with E-state index in [9.17, 15) is 19.1 Å². The van der Waals surface area contributed by atoms with Crippen LogP contribution >= 0.6 is 11.3 Å². The van der Waals surface area contributed by atoms with Gasteiger partial charge in [-0.05, 0) is 47.3 Å². The van der Waals surface area contributed by atoms with Crippen LogP contribution in [0.2, 0.25) is 0 Å². The summed E-state index contributed by atoms with van der Waals surface area (Å²) < 4.78 is 19.0. The van der Waals surface area contributed by atoms with Gasteiger partial charge in [-0.1, -0.05) is 24.3 Å². The molecular formula is C22H16FNO4S. The lowest BCUT2D eigenvalue weighted by Gasteiger charge is -2.27. The SMILES string of the molecule is COc1ccc(C2C(C(=O)c3cccs3)=C(O)C(=O)N2c2cccc(F)c2)cc1. The highest BCUT2D eigenvalue weighted by Gasteiger charge is 2.44. The summed E-state index contributed by atoms with van der Waals surface area (Å²) in [6.45, 7) is 0. The highest BCUT2D eigenvalue weighted by molar-refractivity contribution is 7.12. The normalized spacial score (nSPS) is 16.4. The Morgan fingerprint density at radius 1 is 1.14 bits per heavy atom. The van der Waals surface area contributed by atoms with Crippen molar-refractivity contribution in [1.82, 2.24) is 0 Å². The van der Waals surface area contributed by atoms with Crippen molar-refractivity contribution in [3.05, 3.63) is 93.6 Å². The number of carbonyl (C=O) groups is 2. The van der Waals surface area contributed by atoms with E-state index < -0.39 is 29.3 Å². The second-order valence-corrected chi connectivity index (χ2v) is 7.35. The molecule has 0 fully saturated rings. The van der Waals surface area contributed by atoms with Crippen molar-refractivity contribution >= 4 is 28.7 Å². The number of rotatable bonds is 5. The van der Waals surface area contributed by atoms with Crippen molar-refractivity contribution < 1.29 is 23.8 Å². The topological polar surface area (TPSA) is 66.8 Å². The molecule has 0 saturated carbocycles. The van der Waals surface area contributed by atoms with Gasteiger partial charge >= 0.3 is 0 Å². The summed E-state index contributed by atoms with van der Waals surface area (Å²) >= 11 is 1.22. The van der Waals surface area contributed by atoms with Crippen LogP contribution in [-0.4, -0.2) is 23.9 Å². The number of hydrogen-bond donors (Lipinski definition) is 1. The number of carbonyl (C=O) groups excluding carboxylic acids is 2. The average molecular weight is 409 g/mol. The molecule has 4 rings (SSSR count). The largest absolute Gasteiger partial charge is 0.503 e. The lowest BCUT2D eigenvalue weighted by Crippen LogP contribution is -2.31. The summed E-state index contributed by atoms with van der Waals surface area (Å²) in [5.41, 5.74) is 0.801. The molecular weight excluding hydrogens is 393 g/mol. The summed E-state index contributed by atoms with van der Waals surface area (Å²) in [5.74, 6) is -1.74. The first-order valence-electron chi connectivity index (χ1n) is 8.75. The highest BCUT2D eigenvalue weighted by Crippen LogP contribution is 2.42. The van der Waals surface area contributed by atoms with Crippen LogP contribution in [0.5, 0.6) is 5.75 Å². The zero-order valence-electron chi connectivity index (χ0n) is 15.3. The highest BCUT2D eigenvalue weighted by atomic mass is 32.1. The van der Waals surface area contributed by atoms with Crippen molar-refractivity contribution in [2.75, 3.05) is 12.0 Å².